The Bertz CT molecular complexity index is 1170. The van der Waals surface area contributed by atoms with Crippen LogP contribution in [0.5, 0.6) is 0 Å². The summed E-state index contributed by atoms with van der Waals surface area (Å²) in [6.45, 7) is 4.76. The summed E-state index contributed by atoms with van der Waals surface area (Å²) >= 11 is 0. The first-order valence-corrected chi connectivity index (χ1v) is 10.9. The third kappa shape index (κ3) is 4.33. The molecule has 0 saturated heterocycles. The number of pyridine rings is 1. The van der Waals surface area contributed by atoms with E-state index in [2.05, 4.69) is 44.3 Å². The first-order valence-electron chi connectivity index (χ1n) is 10.9. The van der Waals surface area contributed by atoms with Gasteiger partial charge in [0.2, 0.25) is 0 Å². The molecule has 0 atom stereocenters. The lowest BCUT2D eigenvalue weighted by Crippen LogP contribution is -2.42. The Balaban J connectivity index is 1.25. The molecule has 2 aromatic carbocycles. The van der Waals surface area contributed by atoms with Crippen molar-refractivity contribution in [3.63, 3.8) is 0 Å². The molecule has 3 heterocycles. The Morgan fingerprint density at radius 1 is 1.06 bits per heavy atom. The minimum atomic E-state index is -0.0637. The third-order valence-electron chi connectivity index (χ3n) is 5.85. The van der Waals surface area contributed by atoms with Gasteiger partial charge in [0.1, 0.15) is 0 Å². The number of hydrogen-bond donors (Lipinski definition) is 3. The number of hydrogen-bond acceptors (Lipinski definition) is 5. The van der Waals surface area contributed by atoms with Crippen molar-refractivity contribution in [3.05, 3.63) is 88.7 Å². The van der Waals surface area contributed by atoms with E-state index >= 15 is 0 Å². The second kappa shape index (κ2) is 8.80. The van der Waals surface area contributed by atoms with Crippen molar-refractivity contribution in [2.75, 3.05) is 23.8 Å². The topological polar surface area (TPSA) is 81.7 Å². The number of fused-ring (bicyclic) bond motifs is 2. The Hall–Kier alpha value is -3.71. The van der Waals surface area contributed by atoms with Gasteiger partial charge in [-0.1, -0.05) is 30.3 Å². The van der Waals surface area contributed by atoms with Crippen LogP contribution in [0.3, 0.4) is 0 Å². The van der Waals surface area contributed by atoms with Crippen LogP contribution in [0.2, 0.25) is 0 Å². The molecule has 0 saturated carbocycles. The number of aryl methyl sites for hydroxylation is 1. The van der Waals surface area contributed by atoms with Crippen LogP contribution in [0.1, 0.15) is 27.9 Å². The van der Waals surface area contributed by atoms with E-state index in [1.54, 1.807) is 0 Å². The van der Waals surface area contributed by atoms with E-state index in [1.165, 1.54) is 11.1 Å². The second-order valence-corrected chi connectivity index (χ2v) is 8.21. The number of carbonyl (C=O) groups is 1. The molecular formula is C25H26N6O. The van der Waals surface area contributed by atoms with Gasteiger partial charge in [-0.25, -0.2) is 4.79 Å². The van der Waals surface area contributed by atoms with Gasteiger partial charge < -0.3 is 15.5 Å². The average molecular weight is 427 g/mol. The molecule has 0 fully saturated rings. The molecule has 0 aliphatic carbocycles. The lowest BCUT2D eigenvalue weighted by Gasteiger charge is -2.31. The van der Waals surface area contributed by atoms with Crippen LogP contribution in [0.25, 0.3) is 0 Å². The quantitative estimate of drug-likeness (QED) is 0.522. The van der Waals surface area contributed by atoms with Gasteiger partial charge >= 0.3 is 6.03 Å². The number of carbonyl (C=O) groups excluding carboxylic acids is 1. The first kappa shape index (κ1) is 20.2. The molecular weight excluding hydrogens is 400 g/mol. The van der Waals surface area contributed by atoms with E-state index in [9.17, 15) is 4.79 Å². The Morgan fingerprint density at radius 2 is 1.94 bits per heavy atom. The van der Waals surface area contributed by atoms with Gasteiger partial charge in [0, 0.05) is 55.7 Å². The van der Waals surface area contributed by atoms with E-state index in [0.717, 1.165) is 53.4 Å². The fraction of sp³-hybridized carbons (Fsp3) is 0.240. The summed E-state index contributed by atoms with van der Waals surface area (Å²) in [6, 6.07) is 18.4. The summed E-state index contributed by atoms with van der Waals surface area (Å²) in [4.78, 5) is 18.7. The molecule has 5 rings (SSSR count). The maximum absolute atomic E-state index is 12.6. The smallest absolute Gasteiger partial charge is 0.319 e. The molecule has 7 heteroatoms. The predicted molar refractivity (Wildman–Crippen MR) is 127 cm³/mol. The molecule has 1 aromatic heterocycles. The second-order valence-electron chi connectivity index (χ2n) is 8.21. The van der Waals surface area contributed by atoms with Crippen LogP contribution < -0.4 is 16.1 Å². The van der Waals surface area contributed by atoms with E-state index in [-0.39, 0.29) is 6.03 Å². The molecule has 162 valence electrons. The van der Waals surface area contributed by atoms with Gasteiger partial charge in [-0.3, -0.25) is 10.4 Å². The van der Waals surface area contributed by atoms with E-state index < -0.39 is 0 Å². The number of nitrogens with one attached hydrogen (secondary N) is 3. The molecule has 2 amide bonds. The van der Waals surface area contributed by atoms with Crippen molar-refractivity contribution in [1.82, 2.24) is 15.2 Å². The molecule has 0 radical (unpaired) electrons. The molecule has 0 unspecified atom stereocenters. The zero-order valence-corrected chi connectivity index (χ0v) is 18.1. The largest absolute Gasteiger partial charge is 0.322 e. The fourth-order valence-electron chi connectivity index (χ4n) is 4.13. The summed E-state index contributed by atoms with van der Waals surface area (Å²) in [6.07, 6.45) is 2.56. The van der Waals surface area contributed by atoms with Gasteiger partial charge in [0.05, 0.1) is 11.4 Å². The van der Waals surface area contributed by atoms with Crippen LogP contribution in [-0.2, 0) is 19.5 Å². The molecule has 7 nitrogen and oxygen atoms in total. The number of benzene rings is 2. The standard InChI is InChI=1S/C25H26N6O/c1-17-11-19(7-8-27-17)23-13-20-12-21-16-31(10-9-26-15-18-5-3-2-4-6-18)25(32)28-22(21)14-24(20)30-29-23/h2-8,11-12,14,26,30H,9-10,13,15-16H2,1H3,(H,28,32). The fourth-order valence-corrected chi connectivity index (χ4v) is 4.13. The van der Waals surface area contributed by atoms with Gasteiger partial charge in [-0.05, 0) is 47.9 Å². The number of aromatic nitrogens is 1. The number of rotatable bonds is 6. The minimum absolute atomic E-state index is 0.0637. The predicted octanol–water partition coefficient (Wildman–Crippen LogP) is 3.90. The third-order valence-corrected chi connectivity index (χ3v) is 5.85. The summed E-state index contributed by atoms with van der Waals surface area (Å²) in [5, 5.41) is 11.0. The molecule has 0 spiro atoms. The van der Waals surface area contributed by atoms with Gasteiger partial charge in [0.25, 0.3) is 0 Å². The summed E-state index contributed by atoms with van der Waals surface area (Å²) in [5.74, 6) is 0. The Kier molecular flexibility index (Phi) is 5.56. The van der Waals surface area contributed by atoms with Crippen LogP contribution in [0.4, 0.5) is 16.2 Å². The molecule has 0 bridgehead atoms. The van der Waals surface area contributed by atoms with Gasteiger partial charge in [-0.2, -0.15) is 5.10 Å². The van der Waals surface area contributed by atoms with Crippen LogP contribution >= 0.6 is 0 Å². The molecule has 2 aliphatic rings. The highest BCUT2D eigenvalue weighted by Gasteiger charge is 2.25. The normalized spacial score (nSPS) is 14.7. The van der Waals surface area contributed by atoms with E-state index in [0.29, 0.717) is 13.1 Å². The van der Waals surface area contributed by atoms with Gasteiger partial charge in [-0.15, -0.1) is 0 Å². The zero-order valence-electron chi connectivity index (χ0n) is 18.1. The Morgan fingerprint density at radius 3 is 2.78 bits per heavy atom. The first-order chi connectivity index (χ1) is 15.7. The monoisotopic (exact) mass is 426 g/mol. The number of amides is 2. The number of anilines is 2. The van der Waals surface area contributed by atoms with E-state index in [4.69, 9.17) is 0 Å². The summed E-state index contributed by atoms with van der Waals surface area (Å²) < 4.78 is 0. The van der Waals surface area contributed by atoms with Crippen molar-refractivity contribution in [1.29, 1.82) is 0 Å². The van der Waals surface area contributed by atoms with Crippen molar-refractivity contribution in [2.45, 2.75) is 26.4 Å². The Labute approximate surface area is 187 Å². The molecule has 3 aromatic rings. The van der Waals surface area contributed by atoms with E-state index in [1.807, 2.05) is 54.4 Å². The summed E-state index contributed by atoms with van der Waals surface area (Å²) in [7, 11) is 0. The highest BCUT2D eigenvalue weighted by molar-refractivity contribution is 6.04. The van der Waals surface area contributed by atoms with Gasteiger partial charge in [0.15, 0.2) is 0 Å². The maximum atomic E-state index is 12.6. The van der Waals surface area contributed by atoms with Crippen molar-refractivity contribution < 1.29 is 4.79 Å². The lowest BCUT2D eigenvalue weighted by molar-refractivity contribution is 0.206. The average Bonchev–Trinajstić information content (AvgIpc) is 2.81. The van der Waals surface area contributed by atoms with Crippen LogP contribution in [0, 0.1) is 6.92 Å². The number of nitrogens with zero attached hydrogens (tertiary/aromatic N) is 3. The minimum Gasteiger partial charge on any atom is -0.319 e. The maximum Gasteiger partial charge on any atom is 0.322 e. The SMILES string of the molecule is Cc1cc(C2=NNc3cc4c(cc3C2)CN(CCNCc2ccccc2)C(=O)N4)ccn1. The van der Waals surface area contributed by atoms with Crippen molar-refractivity contribution in [2.24, 2.45) is 5.10 Å². The molecule has 32 heavy (non-hydrogen) atoms. The lowest BCUT2D eigenvalue weighted by atomic mass is 9.96. The highest BCUT2D eigenvalue weighted by atomic mass is 16.2. The van der Waals surface area contributed by atoms with Crippen LogP contribution in [-0.4, -0.2) is 34.7 Å². The summed E-state index contributed by atoms with van der Waals surface area (Å²) in [5.41, 5.74) is 11.5. The van der Waals surface area contributed by atoms with Crippen molar-refractivity contribution in [3.8, 4) is 0 Å². The molecule has 3 N–H and O–H groups in total. The number of hydrazone groups is 1. The van der Waals surface area contributed by atoms with Crippen LogP contribution in [0.15, 0.2) is 65.9 Å². The number of urea groups is 1. The molecule has 2 aliphatic heterocycles. The zero-order chi connectivity index (χ0) is 21.9. The van der Waals surface area contributed by atoms with Crippen molar-refractivity contribution >= 4 is 23.1 Å². The highest BCUT2D eigenvalue weighted by Crippen LogP contribution is 2.32.